The van der Waals surface area contributed by atoms with Crippen LogP contribution in [0.25, 0.3) is 0 Å². The lowest BCUT2D eigenvalue weighted by Gasteiger charge is -2.11. The highest BCUT2D eigenvalue weighted by molar-refractivity contribution is 5.69. The standard InChI is InChI=1S/C52H104O18.C31H62O5/c1-4-51(3)70-50-49-68-48-47-67-46-45-66-44-43-65-42-41-64-40-39-63-38-37-62-36-35-61-34-33-60-32-31-59-30-29-58-28-27-57-26-25-56-24-23-55-22-21-54-20-18-16-14-12-10-8-6-7-9-11-13-15-17-19-52(53)69-5-2;1-4-30(3)36-29-28-34-27-26-33-25-23-21-19-17-15-13-11-9-7-6-8-10-12-14-16-18-20-22-24-31(32)35-5-2/h51H,4-50H2,1-3H3;30H,4-29H2,1-3H3. The van der Waals surface area contributed by atoms with Gasteiger partial charge in [0.15, 0.2) is 0 Å². The molecule has 0 aliphatic heterocycles. The Bertz CT molecular complexity index is 1600. The van der Waals surface area contributed by atoms with Crippen LogP contribution in [0, 0.1) is 0 Å². The molecule has 0 aromatic heterocycles. The zero-order valence-electron chi connectivity index (χ0n) is 69.2. The molecule has 0 N–H and O–H groups in total. The van der Waals surface area contributed by atoms with Crippen molar-refractivity contribution >= 4 is 11.9 Å². The van der Waals surface area contributed by atoms with Crippen molar-refractivity contribution in [1.29, 1.82) is 0 Å². The van der Waals surface area contributed by atoms with Gasteiger partial charge < -0.3 is 99.5 Å². The molecule has 0 saturated carbocycles. The number of carbonyl (C=O) groups is 2. The first-order valence-electron chi connectivity index (χ1n) is 42.8. The number of hydrogen-bond acceptors (Lipinski definition) is 23. The third-order valence-electron chi connectivity index (χ3n) is 17.2. The zero-order chi connectivity index (χ0) is 76.8. The molecule has 0 aliphatic carbocycles. The average molecular weight is 1530 g/mol. The van der Waals surface area contributed by atoms with E-state index in [9.17, 15) is 9.59 Å². The van der Waals surface area contributed by atoms with E-state index in [1.807, 2.05) is 13.8 Å². The van der Waals surface area contributed by atoms with Crippen molar-refractivity contribution in [1.82, 2.24) is 0 Å². The predicted molar refractivity (Wildman–Crippen MR) is 421 cm³/mol. The maximum absolute atomic E-state index is 11.3. The second-order valence-electron chi connectivity index (χ2n) is 26.7. The monoisotopic (exact) mass is 1530 g/mol. The van der Waals surface area contributed by atoms with E-state index in [1.165, 1.54) is 173 Å². The average Bonchev–Trinajstić information content (AvgIpc) is 3.84. The van der Waals surface area contributed by atoms with E-state index in [0.717, 1.165) is 51.7 Å². The smallest absolute Gasteiger partial charge is 0.305 e. The van der Waals surface area contributed by atoms with Gasteiger partial charge in [0.25, 0.3) is 0 Å². The molecule has 0 fully saturated rings. The SMILES string of the molecule is CCOC(=O)CCCCCCCCCCCCCCCCCCCCOCCOCCOC(C)CC.CCOC(=O)CCCCCCCCCCCCCCCOCCOCCOCCOCCOCCOCCOCCOCCOCCOCCOCCOCCOCCOCCOCCOC(C)CC. The summed E-state index contributed by atoms with van der Waals surface area (Å²) in [5.74, 6) is -0.0906. The molecule has 0 saturated heterocycles. The third-order valence-corrected chi connectivity index (χ3v) is 17.2. The first-order chi connectivity index (χ1) is 52.4. The summed E-state index contributed by atoms with van der Waals surface area (Å²) in [7, 11) is 0. The van der Waals surface area contributed by atoms with E-state index in [4.69, 9.17) is 99.5 Å². The highest BCUT2D eigenvalue weighted by Gasteiger charge is 2.06. The van der Waals surface area contributed by atoms with E-state index in [1.54, 1.807) is 0 Å². The summed E-state index contributed by atoms with van der Waals surface area (Å²) in [4.78, 5) is 22.6. The van der Waals surface area contributed by atoms with Gasteiger partial charge in [-0.25, -0.2) is 0 Å². The Morgan fingerprint density at radius 3 is 0.462 bits per heavy atom. The second-order valence-corrected chi connectivity index (χ2v) is 26.7. The highest BCUT2D eigenvalue weighted by atomic mass is 16.6. The Balaban J connectivity index is 0. The lowest BCUT2D eigenvalue weighted by molar-refractivity contribution is -0.144. The third kappa shape index (κ3) is 100. The molecule has 0 aromatic carbocycles. The van der Waals surface area contributed by atoms with Gasteiger partial charge in [-0.2, -0.15) is 0 Å². The minimum absolute atomic E-state index is 0.0357. The Morgan fingerprint density at radius 1 is 0.179 bits per heavy atom. The zero-order valence-corrected chi connectivity index (χ0v) is 69.2. The van der Waals surface area contributed by atoms with Crippen molar-refractivity contribution in [2.24, 2.45) is 0 Å². The van der Waals surface area contributed by atoms with Crippen molar-refractivity contribution in [3.63, 3.8) is 0 Å². The number of esters is 2. The Labute approximate surface area is 647 Å². The van der Waals surface area contributed by atoms with Crippen LogP contribution < -0.4 is 0 Å². The summed E-state index contributed by atoms with van der Waals surface area (Å²) in [5, 5.41) is 0. The molecule has 636 valence electrons. The van der Waals surface area contributed by atoms with Crippen molar-refractivity contribution in [2.45, 2.75) is 278 Å². The molecular formula is C83H166O23. The molecule has 23 nitrogen and oxygen atoms in total. The van der Waals surface area contributed by atoms with Gasteiger partial charge in [0, 0.05) is 26.1 Å². The van der Waals surface area contributed by atoms with Crippen LogP contribution in [0.15, 0.2) is 0 Å². The topological polar surface area (TPSA) is 228 Å². The maximum Gasteiger partial charge on any atom is 0.305 e. The molecule has 0 aliphatic rings. The van der Waals surface area contributed by atoms with Crippen LogP contribution in [-0.2, 0) is 109 Å². The van der Waals surface area contributed by atoms with E-state index in [-0.39, 0.29) is 18.0 Å². The van der Waals surface area contributed by atoms with Crippen LogP contribution in [-0.4, -0.2) is 275 Å². The number of carbonyl (C=O) groups excluding carboxylic acids is 2. The van der Waals surface area contributed by atoms with Crippen molar-refractivity contribution in [3.8, 4) is 0 Å². The van der Waals surface area contributed by atoms with Gasteiger partial charge in [0.1, 0.15) is 0 Å². The summed E-state index contributed by atoms with van der Waals surface area (Å²) in [6, 6.07) is 0. The van der Waals surface area contributed by atoms with Crippen LogP contribution >= 0.6 is 0 Å². The normalized spacial score (nSPS) is 12.1. The Kier molecular flexibility index (Phi) is 99.5. The van der Waals surface area contributed by atoms with Gasteiger partial charge in [0.05, 0.1) is 250 Å². The molecule has 0 aromatic rings. The predicted octanol–water partition coefficient (Wildman–Crippen LogP) is 15.9. The minimum atomic E-state index is -0.0549. The summed E-state index contributed by atoms with van der Waals surface area (Å²) in [6.07, 6.45) is 44.0. The first kappa shape index (κ1) is 106. The van der Waals surface area contributed by atoms with Crippen molar-refractivity contribution in [2.75, 3.05) is 251 Å². The Hall–Kier alpha value is -1.82. The van der Waals surface area contributed by atoms with Gasteiger partial charge >= 0.3 is 11.9 Å². The minimum Gasteiger partial charge on any atom is -0.466 e. The molecule has 2 unspecified atom stereocenters. The van der Waals surface area contributed by atoms with Crippen LogP contribution in [0.3, 0.4) is 0 Å². The fraction of sp³-hybridized carbons (Fsp3) is 0.976. The largest absolute Gasteiger partial charge is 0.466 e. The summed E-state index contributed by atoms with van der Waals surface area (Å²) in [5.41, 5.74) is 0. The second kappa shape index (κ2) is 99.3. The molecule has 0 amide bonds. The van der Waals surface area contributed by atoms with E-state index in [2.05, 4.69) is 27.7 Å². The Morgan fingerprint density at radius 2 is 0.311 bits per heavy atom. The molecule has 0 rings (SSSR count). The maximum atomic E-state index is 11.3. The van der Waals surface area contributed by atoms with E-state index >= 15 is 0 Å². The first-order valence-corrected chi connectivity index (χ1v) is 42.8. The van der Waals surface area contributed by atoms with Gasteiger partial charge in [-0.3, -0.25) is 9.59 Å². The molecule has 2 atom stereocenters. The summed E-state index contributed by atoms with van der Waals surface area (Å²) in [6.45, 7) is 33.3. The fourth-order valence-electron chi connectivity index (χ4n) is 10.5. The number of rotatable bonds is 94. The van der Waals surface area contributed by atoms with Crippen molar-refractivity contribution < 1.29 is 109 Å². The fourth-order valence-corrected chi connectivity index (χ4v) is 10.5. The van der Waals surface area contributed by atoms with Crippen LogP contribution in [0.1, 0.15) is 266 Å². The summed E-state index contributed by atoms with van der Waals surface area (Å²) >= 11 is 0. The number of ether oxygens (including phenoxy) is 21. The lowest BCUT2D eigenvalue weighted by Crippen LogP contribution is -2.16. The van der Waals surface area contributed by atoms with Gasteiger partial charge in [-0.15, -0.1) is 0 Å². The lowest BCUT2D eigenvalue weighted by atomic mass is 10.0. The van der Waals surface area contributed by atoms with Gasteiger partial charge in [-0.1, -0.05) is 187 Å². The van der Waals surface area contributed by atoms with Crippen LogP contribution in [0.4, 0.5) is 0 Å². The quantitative estimate of drug-likeness (QED) is 0.0407. The van der Waals surface area contributed by atoms with Crippen LogP contribution in [0.2, 0.25) is 0 Å². The number of hydrogen-bond donors (Lipinski definition) is 0. The number of unbranched alkanes of at least 4 members (excludes halogenated alkanes) is 29. The molecule has 0 bridgehead atoms. The highest BCUT2D eigenvalue weighted by Crippen LogP contribution is 2.17. The van der Waals surface area contributed by atoms with E-state index in [0.29, 0.717) is 257 Å². The van der Waals surface area contributed by atoms with Crippen LogP contribution in [0.5, 0.6) is 0 Å². The molecule has 0 heterocycles. The summed E-state index contributed by atoms with van der Waals surface area (Å²) < 4.78 is 115. The van der Waals surface area contributed by atoms with Gasteiger partial charge in [-0.05, 0) is 66.2 Å². The van der Waals surface area contributed by atoms with E-state index < -0.39 is 0 Å². The molecule has 0 spiro atoms. The molecule has 23 heteroatoms. The van der Waals surface area contributed by atoms with Crippen molar-refractivity contribution in [3.05, 3.63) is 0 Å². The molecule has 106 heavy (non-hydrogen) atoms. The molecular weight excluding hydrogens is 1360 g/mol. The van der Waals surface area contributed by atoms with Gasteiger partial charge in [0.2, 0.25) is 0 Å². The molecule has 0 radical (unpaired) electrons.